The number of hydrogen-bond acceptors (Lipinski definition) is 9. The first-order valence-electron chi connectivity index (χ1n) is 18.8. The van der Waals surface area contributed by atoms with Gasteiger partial charge in [0, 0.05) is 20.8 Å². The van der Waals surface area contributed by atoms with Gasteiger partial charge in [0.1, 0.15) is 18.8 Å². The lowest BCUT2D eigenvalue weighted by atomic mass is 9.47. The number of rotatable bonds is 11. The molecule has 5 rings (SSSR count). The zero-order valence-electron chi connectivity index (χ0n) is 30.7. The van der Waals surface area contributed by atoms with Crippen LogP contribution in [0.3, 0.4) is 0 Å². The highest BCUT2D eigenvalue weighted by molar-refractivity contribution is 5.68. The fourth-order valence-corrected chi connectivity index (χ4v) is 11.0. The Hall–Kier alpha value is -1.97. The molecule has 272 valence electrons. The highest BCUT2D eigenvalue weighted by atomic mass is 16.7. The van der Waals surface area contributed by atoms with E-state index < -0.39 is 48.6 Å². The lowest BCUT2D eigenvalue weighted by molar-refractivity contribution is -0.316. The van der Waals surface area contributed by atoms with Crippen LogP contribution < -0.4 is 0 Å². The molecule has 1 heterocycles. The smallest absolute Gasteiger partial charge is 0.303 e. The third kappa shape index (κ3) is 7.68. The summed E-state index contributed by atoms with van der Waals surface area (Å²) < 4.78 is 28.6. The lowest BCUT2D eigenvalue weighted by Crippen LogP contribution is -2.62. The van der Waals surface area contributed by atoms with Crippen molar-refractivity contribution in [3.05, 3.63) is 11.6 Å². The number of carbonyl (C=O) groups excluding carboxylic acids is 3. The first-order valence-corrected chi connectivity index (χ1v) is 18.8. The summed E-state index contributed by atoms with van der Waals surface area (Å²) in [6.45, 7) is 15.8. The Morgan fingerprint density at radius 2 is 1.62 bits per heavy atom. The van der Waals surface area contributed by atoms with Crippen LogP contribution in [-0.2, 0) is 38.1 Å². The second-order valence-electron chi connectivity index (χ2n) is 16.8. The molecule has 9 nitrogen and oxygen atoms in total. The Bertz CT molecular complexity index is 1200. The second kappa shape index (κ2) is 15.1. The van der Waals surface area contributed by atoms with Gasteiger partial charge < -0.3 is 28.8 Å². The number of ether oxygens (including phenoxy) is 5. The van der Waals surface area contributed by atoms with Crippen LogP contribution in [0.5, 0.6) is 0 Å². The molecule has 0 bridgehead atoms. The summed E-state index contributed by atoms with van der Waals surface area (Å²) in [4.78, 5) is 35.6. The van der Waals surface area contributed by atoms with Crippen molar-refractivity contribution in [1.82, 2.24) is 0 Å². The summed E-state index contributed by atoms with van der Waals surface area (Å²) in [5, 5.41) is 11.3. The zero-order chi connectivity index (χ0) is 35.0. The molecule has 6 unspecified atom stereocenters. The predicted molar refractivity (Wildman–Crippen MR) is 180 cm³/mol. The van der Waals surface area contributed by atoms with Crippen molar-refractivity contribution in [1.29, 1.82) is 0 Å². The van der Waals surface area contributed by atoms with Gasteiger partial charge in [-0.3, -0.25) is 14.4 Å². The molecule has 4 aliphatic carbocycles. The van der Waals surface area contributed by atoms with Gasteiger partial charge in [-0.05, 0) is 97.7 Å². The molecule has 0 aromatic carbocycles. The molecule has 9 heteroatoms. The molecular formula is C39H62O9. The summed E-state index contributed by atoms with van der Waals surface area (Å²) in [6.07, 6.45) is 9.50. The van der Waals surface area contributed by atoms with Crippen LogP contribution in [0.4, 0.5) is 0 Å². The standard InChI is InChI=1S/C39H62O9/c1-22(2)10-9-11-23(3)30-14-15-31-29-13-12-27-20-28(16-18-38(27,7)32(29)17-19-39(30,31)8)47-37-34(43)36(46-26(6)42)35(45-25(5)41)33(48-37)21-44-24(4)40/h12,22-23,28-37,43H,9-11,13-21H2,1-8H3/t23-,28?,29?,30-,31?,32?,33?,34?,35-,36-,37+,38+,39-/m1/s1. The normalized spacial score (nSPS) is 41.3. The Morgan fingerprint density at radius 3 is 2.29 bits per heavy atom. The van der Waals surface area contributed by atoms with E-state index in [1.165, 1.54) is 71.3 Å². The summed E-state index contributed by atoms with van der Waals surface area (Å²) in [7, 11) is 0. The zero-order valence-corrected chi connectivity index (χ0v) is 30.7. The van der Waals surface area contributed by atoms with E-state index in [-0.39, 0.29) is 18.1 Å². The third-order valence-electron chi connectivity index (χ3n) is 13.3. The van der Waals surface area contributed by atoms with Gasteiger partial charge in [-0.2, -0.15) is 0 Å². The molecule has 0 spiro atoms. The second-order valence-corrected chi connectivity index (χ2v) is 16.8. The number of carbonyl (C=O) groups is 3. The van der Waals surface area contributed by atoms with E-state index in [9.17, 15) is 19.5 Å². The van der Waals surface area contributed by atoms with Crippen LogP contribution in [0, 0.1) is 46.3 Å². The number of fused-ring (bicyclic) bond motifs is 5. The average molecular weight is 675 g/mol. The lowest BCUT2D eigenvalue weighted by Gasteiger charge is -2.58. The molecule has 13 atom stereocenters. The van der Waals surface area contributed by atoms with Crippen molar-refractivity contribution in [2.75, 3.05) is 6.61 Å². The monoisotopic (exact) mass is 674 g/mol. The number of aliphatic hydroxyl groups is 1. The molecule has 0 radical (unpaired) electrons. The fraction of sp³-hybridized carbons (Fsp3) is 0.872. The largest absolute Gasteiger partial charge is 0.463 e. The van der Waals surface area contributed by atoms with E-state index in [0.717, 1.165) is 55.3 Å². The molecule has 0 aromatic heterocycles. The molecule has 1 saturated heterocycles. The van der Waals surface area contributed by atoms with Crippen molar-refractivity contribution in [2.45, 2.75) is 163 Å². The maximum atomic E-state index is 12.0. The summed E-state index contributed by atoms with van der Waals surface area (Å²) in [6, 6.07) is 0. The Labute approximate surface area is 288 Å². The molecule has 0 amide bonds. The first-order chi connectivity index (χ1) is 22.6. The van der Waals surface area contributed by atoms with E-state index >= 15 is 0 Å². The van der Waals surface area contributed by atoms with E-state index in [2.05, 4.69) is 40.7 Å². The molecule has 3 saturated carbocycles. The van der Waals surface area contributed by atoms with Crippen molar-refractivity contribution in [2.24, 2.45) is 46.3 Å². The number of hydrogen-bond donors (Lipinski definition) is 1. The van der Waals surface area contributed by atoms with Crippen molar-refractivity contribution in [3.8, 4) is 0 Å². The number of allylic oxidation sites excluding steroid dienone is 1. The third-order valence-corrected chi connectivity index (χ3v) is 13.3. The molecule has 0 aromatic rings. The predicted octanol–water partition coefficient (Wildman–Crippen LogP) is 6.93. The van der Waals surface area contributed by atoms with Crippen molar-refractivity contribution >= 4 is 17.9 Å². The summed E-state index contributed by atoms with van der Waals surface area (Å²) >= 11 is 0. The van der Waals surface area contributed by atoms with E-state index in [0.29, 0.717) is 11.3 Å². The maximum Gasteiger partial charge on any atom is 0.303 e. The Kier molecular flexibility index (Phi) is 11.7. The quantitative estimate of drug-likeness (QED) is 0.142. The van der Waals surface area contributed by atoms with Crippen LogP contribution in [0.1, 0.15) is 126 Å². The van der Waals surface area contributed by atoms with Crippen LogP contribution in [0.2, 0.25) is 0 Å². The van der Waals surface area contributed by atoms with Crippen molar-refractivity contribution in [3.63, 3.8) is 0 Å². The van der Waals surface area contributed by atoms with Gasteiger partial charge in [0.2, 0.25) is 0 Å². The Balaban J connectivity index is 1.27. The number of esters is 3. The topological polar surface area (TPSA) is 118 Å². The highest BCUT2D eigenvalue weighted by Crippen LogP contribution is 2.67. The highest BCUT2D eigenvalue weighted by Gasteiger charge is 2.59. The fourth-order valence-electron chi connectivity index (χ4n) is 11.0. The minimum absolute atomic E-state index is 0.135. The van der Waals surface area contributed by atoms with Crippen LogP contribution in [-0.4, -0.2) is 66.4 Å². The van der Waals surface area contributed by atoms with Gasteiger partial charge >= 0.3 is 17.9 Å². The van der Waals surface area contributed by atoms with Crippen LogP contribution >= 0.6 is 0 Å². The average Bonchev–Trinajstić information content (AvgIpc) is 3.36. The van der Waals surface area contributed by atoms with E-state index in [1.807, 2.05) is 0 Å². The van der Waals surface area contributed by atoms with Gasteiger partial charge in [0.05, 0.1) is 6.10 Å². The maximum absolute atomic E-state index is 12.0. The molecule has 1 aliphatic heterocycles. The molecule has 4 fully saturated rings. The Morgan fingerprint density at radius 1 is 0.917 bits per heavy atom. The van der Waals surface area contributed by atoms with Crippen LogP contribution in [0.15, 0.2) is 11.6 Å². The minimum Gasteiger partial charge on any atom is -0.463 e. The van der Waals surface area contributed by atoms with Crippen LogP contribution in [0.25, 0.3) is 0 Å². The van der Waals surface area contributed by atoms with Gasteiger partial charge in [0.15, 0.2) is 18.5 Å². The van der Waals surface area contributed by atoms with Gasteiger partial charge in [-0.25, -0.2) is 0 Å². The first kappa shape index (κ1) is 37.3. The molecule has 5 aliphatic rings. The minimum atomic E-state index is -1.40. The van der Waals surface area contributed by atoms with E-state index in [1.54, 1.807) is 0 Å². The van der Waals surface area contributed by atoms with E-state index in [4.69, 9.17) is 23.7 Å². The SMILES string of the molecule is CC(=O)OCC1O[C@H](OC2CC[C@@]3(C)C(=CCC4C3CC[C@@]3(C)C4CC[C@@H]3[C@H](C)CCCC(C)C)C2)C(O)[C@@H](OC(C)=O)[C@@H]1OC(C)=O. The molecule has 1 N–H and O–H groups in total. The van der Waals surface area contributed by atoms with Gasteiger partial charge in [-0.15, -0.1) is 0 Å². The van der Waals surface area contributed by atoms with Crippen molar-refractivity contribution < 1.29 is 43.2 Å². The van der Waals surface area contributed by atoms with Gasteiger partial charge in [-0.1, -0.05) is 65.5 Å². The molecular weight excluding hydrogens is 612 g/mol. The molecule has 48 heavy (non-hydrogen) atoms. The number of aliphatic hydroxyl groups excluding tert-OH is 1. The summed E-state index contributed by atoms with van der Waals surface area (Å²) in [5.74, 6) is 2.80. The van der Waals surface area contributed by atoms with Gasteiger partial charge in [0.25, 0.3) is 0 Å². The summed E-state index contributed by atoms with van der Waals surface area (Å²) in [5.41, 5.74) is 2.03.